The minimum absolute atomic E-state index is 0.204. The van der Waals surface area contributed by atoms with Crippen LogP contribution < -0.4 is 5.73 Å². The number of benzene rings is 1. The molecular weight excluding hydrogens is 174 g/mol. The average Bonchev–Trinajstić information content (AvgIpc) is 2.21. The van der Waals surface area contributed by atoms with Crippen molar-refractivity contribution in [3.63, 3.8) is 0 Å². The van der Waals surface area contributed by atoms with Gasteiger partial charge in [-0.15, -0.1) is 0 Å². The lowest BCUT2D eigenvalue weighted by molar-refractivity contribution is 0.303. The van der Waals surface area contributed by atoms with Gasteiger partial charge in [-0.3, -0.25) is 0 Å². The van der Waals surface area contributed by atoms with E-state index < -0.39 is 0 Å². The van der Waals surface area contributed by atoms with E-state index in [2.05, 4.69) is 12.1 Å². The molecule has 0 aliphatic carbocycles. The maximum absolute atomic E-state index is 8.65. The Kier molecular flexibility index (Phi) is 4.97. The van der Waals surface area contributed by atoms with Gasteiger partial charge in [0, 0.05) is 6.61 Å². The van der Waals surface area contributed by atoms with Gasteiger partial charge in [-0.25, -0.2) is 0 Å². The zero-order valence-electron chi connectivity index (χ0n) is 8.32. The molecule has 76 valence electrons. The van der Waals surface area contributed by atoms with E-state index >= 15 is 0 Å². The topological polar surface area (TPSA) is 46.2 Å². The van der Waals surface area contributed by atoms with Crippen LogP contribution in [0, 0.1) is 0 Å². The monoisotopic (exact) mass is 191 g/mol. The van der Waals surface area contributed by atoms with Crippen LogP contribution in [0.3, 0.4) is 0 Å². The summed E-state index contributed by atoms with van der Waals surface area (Å²) in [5, 5.41) is 8.65. The summed E-state index contributed by atoms with van der Waals surface area (Å²) in [6.07, 6.45) is 5.63. The Balaban J connectivity index is 2.73. The second kappa shape index (κ2) is 6.35. The Morgan fingerprint density at radius 2 is 2.07 bits per heavy atom. The molecule has 2 nitrogen and oxygen atoms in total. The molecule has 0 amide bonds. The number of rotatable bonds is 5. The first-order valence-electron chi connectivity index (χ1n) is 4.94. The minimum Gasteiger partial charge on any atom is -0.396 e. The lowest BCUT2D eigenvalue weighted by Gasteiger charge is -2.03. The fraction of sp³-hybridized carbons (Fsp3) is 0.333. The summed E-state index contributed by atoms with van der Waals surface area (Å²) < 4.78 is 0. The highest BCUT2D eigenvalue weighted by Crippen LogP contribution is 2.11. The Hall–Kier alpha value is -1.12. The number of aliphatic hydroxyl groups is 1. The molecule has 0 heterocycles. The predicted octanol–water partition coefficient (Wildman–Crippen LogP) is 1.58. The van der Waals surface area contributed by atoms with Crippen molar-refractivity contribution in [1.82, 2.24) is 0 Å². The van der Waals surface area contributed by atoms with Crippen LogP contribution in [0.2, 0.25) is 0 Å². The second-order valence-corrected chi connectivity index (χ2v) is 3.15. The van der Waals surface area contributed by atoms with Gasteiger partial charge in [0.2, 0.25) is 0 Å². The summed E-state index contributed by atoms with van der Waals surface area (Å²) in [4.78, 5) is 0. The van der Waals surface area contributed by atoms with Gasteiger partial charge in [0.05, 0.1) is 0 Å². The van der Waals surface area contributed by atoms with Crippen molar-refractivity contribution in [3.8, 4) is 0 Å². The van der Waals surface area contributed by atoms with Crippen LogP contribution in [-0.4, -0.2) is 18.3 Å². The molecule has 2 heteroatoms. The first kappa shape index (κ1) is 11.0. The van der Waals surface area contributed by atoms with Gasteiger partial charge in [0.25, 0.3) is 0 Å². The molecule has 1 aromatic rings. The molecule has 0 radical (unpaired) electrons. The molecule has 0 atom stereocenters. The number of aliphatic hydroxyl groups excluding tert-OH is 1. The summed E-state index contributed by atoms with van der Waals surface area (Å²) in [6.45, 7) is 0.875. The molecule has 1 rings (SSSR count). The third kappa shape index (κ3) is 3.32. The molecule has 0 aliphatic heterocycles. The fourth-order valence-electron chi connectivity index (χ4n) is 1.36. The fourth-order valence-corrected chi connectivity index (χ4v) is 1.36. The SMILES string of the molecule is NCCc1ccccc1C=CCCO. The molecule has 0 aromatic heterocycles. The summed E-state index contributed by atoms with van der Waals surface area (Å²) in [6, 6.07) is 8.19. The van der Waals surface area contributed by atoms with Gasteiger partial charge in [0.15, 0.2) is 0 Å². The van der Waals surface area contributed by atoms with Gasteiger partial charge in [0.1, 0.15) is 0 Å². The standard InChI is InChI=1S/C12H17NO/c13-9-8-12-6-2-1-5-11(12)7-3-4-10-14/h1-3,5-7,14H,4,8-10,13H2. The van der Waals surface area contributed by atoms with Crippen molar-refractivity contribution >= 4 is 6.08 Å². The molecule has 0 unspecified atom stereocenters. The molecule has 0 saturated heterocycles. The van der Waals surface area contributed by atoms with E-state index in [1.807, 2.05) is 24.3 Å². The lowest BCUT2D eigenvalue weighted by Crippen LogP contribution is -2.03. The zero-order chi connectivity index (χ0) is 10.2. The van der Waals surface area contributed by atoms with Crippen LogP contribution in [0.15, 0.2) is 30.3 Å². The number of hydrogen-bond acceptors (Lipinski definition) is 2. The number of hydrogen-bond donors (Lipinski definition) is 2. The second-order valence-electron chi connectivity index (χ2n) is 3.15. The summed E-state index contributed by atoms with van der Waals surface area (Å²) >= 11 is 0. The Bertz CT molecular complexity index is 294. The average molecular weight is 191 g/mol. The highest BCUT2D eigenvalue weighted by molar-refractivity contribution is 5.53. The van der Waals surface area contributed by atoms with Gasteiger partial charge in [-0.1, -0.05) is 36.4 Å². The smallest absolute Gasteiger partial charge is 0.0465 e. The maximum atomic E-state index is 8.65. The maximum Gasteiger partial charge on any atom is 0.0465 e. The van der Waals surface area contributed by atoms with Crippen molar-refractivity contribution in [3.05, 3.63) is 41.5 Å². The van der Waals surface area contributed by atoms with Crippen LogP contribution in [0.4, 0.5) is 0 Å². The van der Waals surface area contributed by atoms with E-state index in [0.29, 0.717) is 13.0 Å². The van der Waals surface area contributed by atoms with E-state index in [-0.39, 0.29) is 6.61 Å². The first-order valence-corrected chi connectivity index (χ1v) is 4.94. The Morgan fingerprint density at radius 1 is 1.29 bits per heavy atom. The Morgan fingerprint density at radius 3 is 2.79 bits per heavy atom. The molecule has 0 aliphatic rings. The van der Waals surface area contributed by atoms with Crippen molar-refractivity contribution in [1.29, 1.82) is 0 Å². The summed E-state index contributed by atoms with van der Waals surface area (Å²) in [7, 11) is 0. The zero-order valence-corrected chi connectivity index (χ0v) is 8.32. The largest absolute Gasteiger partial charge is 0.396 e. The van der Waals surface area contributed by atoms with E-state index in [1.165, 1.54) is 11.1 Å². The van der Waals surface area contributed by atoms with E-state index in [9.17, 15) is 0 Å². The molecule has 0 saturated carbocycles. The van der Waals surface area contributed by atoms with Crippen molar-refractivity contribution in [2.24, 2.45) is 5.73 Å². The van der Waals surface area contributed by atoms with Gasteiger partial charge < -0.3 is 10.8 Å². The van der Waals surface area contributed by atoms with Crippen LogP contribution in [0.25, 0.3) is 6.08 Å². The summed E-state index contributed by atoms with van der Waals surface area (Å²) in [5.41, 5.74) is 7.99. The lowest BCUT2D eigenvalue weighted by atomic mass is 10.0. The molecule has 14 heavy (non-hydrogen) atoms. The summed E-state index contributed by atoms with van der Waals surface area (Å²) in [5.74, 6) is 0. The highest BCUT2D eigenvalue weighted by atomic mass is 16.2. The van der Waals surface area contributed by atoms with Crippen molar-refractivity contribution in [2.45, 2.75) is 12.8 Å². The normalized spacial score (nSPS) is 11.0. The molecule has 0 spiro atoms. The Labute approximate surface area is 85.1 Å². The molecule has 0 fully saturated rings. The van der Waals surface area contributed by atoms with Gasteiger partial charge >= 0.3 is 0 Å². The third-order valence-corrected chi connectivity index (χ3v) is 2.06. The minimum atomic E-state index is 0.204. The van der Waals surface area contributed by atoms with E-state index in [0.717, 1.165) is 6.42 Å². The quantitative estimate of drug-likeness (QED) is 0.742. The predicted molar refractivity (Wildman–Crippen MR) is 59.9 cm³/mol. The molecule has 0 bridgehead atoms. The first-order chi connectivity index (χ1) is 6.88. The third-order valence-electron chi connectivity index (χ3n) is 2.06. The van der Waals surface area contributed by atoms with Crippen molar-refractivity contribution < 1.29 is 5.11 Å². The molecule has 1 aromatic carbocycles. The molecular formula is C12H17NO. The van der Waals surface area contributed by atoms with Gasteiger partial charge in [-0.2, -0.15) is 0 Å². The van der Waals surface area contributed by atoms with Crippen molar-refractivity contribution in [2.75, 3.05) is 13.2 Å². The van der Waals surface area contributed by atoms with Gasteiger partial charge in [-0.05, 0) is 30.5 Å². The van der Waals surface area contributed by atoms with Crippen LogP contribution in [0.5, 0.6) is 0 Å². The van der Waals surface area contributed by atoms with Crippen LogP contribution >= 0.6 is 0 Å². The van der Waals surface area contributed by atoms with Crippen LogP contribution in [-0.2, 0) is 6.42 Å². The number of nitrogens with two attached hydrogens (primary N) is 1. The van der Waals surface area contributed by atoms with Crippen LogP contribution in [0.1, 0.15) is 17.5 Å². The highest BCUT2D eigenvalue weighted by Gasteiger charge is 1.95. The molecule has 3 N–H and O–H groups in total. The van der Waals surface area contributed by atoms with E-state index in [1.54, 1.807) is 0 Å². The van der Waals surface area contributed by atoms with E-state index in [4.69, 9.17) is 10.8 Å².